The van der Waals surface area contributed by atoms with Crippen molar-refractivity contribution in [2.24, 2.45) is 0 Å². The summed E-state index contributed by atoms with van der Waals surface area (Å²) in [5, 5.41) is 6.64. The van der Waals surface area contributed by atoms with Crippen LogP contribution in [-0.4, -0.2) is 15.7 Å². The molecule has 6 heteroatoms. The van der Waals surface area contributed by atoms with Gasteiger partial charge in [-0.1, -0.05) is 42.5 Å². The second-order valence-electron chi connectivity index (χ2n) is 5.66. The van der Waals surface area contributed by atoms with Gasteiger partial charge in [0, 0.05) is 5.69 Å². The van der Waals surface area contributed by atoms with Gasteiger partial charge >= 0.3 is 0 Å². The average Bonchev–Trinajstić information content (AvgIpc) is 2.97. The highest BCUT2D eigenvalue weighted by Crippen LogP contribution is 2.22. The second-order valence-corrected chi connectivity index (χ2v) is 5.66. The normalized spacial score (nSPS) is 10.9. The molecule has 1 amide bonds. The van der Waals surface area contributed by atoms with Crippen LogP contribution in [0.2, 0.25) is 0 Å². The number of benzene rings is 2. The van der Waals surface area contributed by atoms with Crippen molar-refractivity contribution in [3.63, 3.8) is 0 Å². The number of anilines is 1. The largest absolute Gasteiger partial charge is 0.324 e. The molecule has 0 spiro atoms. The lowest BCUT2D eigenvalue weighted by Gasteiger charge is -2.09. The molecule has 0 aliphatic carbocycles. The quantitative estimate of drug-likeness (QED) is 0.746. The zero-order valence-electron chi connectivity index (χ0n) is 13.6. The molecule has 0 aliphatic rings. The Balaban J connectivity index is 1.67. The fourth-order valence-electron chi connectivity index (χ4n) is 2.58. The molecule has 2 aromatic carbocycles. The maximum Gasteiger partial charge on any atom is 0.280 e. The van der Waals surface area contributed by atoms with Gasteiger partial charge in [0.05, 0.1) is 5.69 Å². The van der Waals surface area contributed by atoms with Crippen LogP contribution in [-0.2, 0) is 11.3 Å². The molecular weight excluding hydrogens is 324 g/mol. The van der Waals surface area contributed by atoms with E-state index in [0.717, 1.165) is 15.8 Å². The van der Waals surface area contributed by atoms with Crippen LogP contribution in [0.1, 0.15) is 17.8 Å². The van der Waals surface area contributed by atoms with E-state index in [1.165, 1.54) is 6.07 Å². The summed E-state index contributed by atoms with van der Waals surface area (Å²) in [7, 11) is 0. The van der Waals surface area contributed by atoms with E-state index in [4.69, 9.17) is 0 Å². The van der Waals surface area contributed by atoms with Crippen molar-refractivity contribution in [1.29, 1.82) is 0 Å². The molecule has 0 aliphatic heterocycles. The lowest BCUT2D eigenvalue weighted by molar-refractivity contribution is -0.117. The molecule has 0 saturated heterocycles. The Hall–Kier alpha value is -3.02. The molecule has 0 bridgehead atoms. The zero-order valence-corrected chi connectivity index (χ0v) is 13.6. The number of carbonyl (C=O) groups is 1. The first-order valence-corrected chi connectivity index (χ1v) is 7.81. The van der Waals surface area contributed by atoms with Crippen molar-refractivity contribution in [2.45, 2.75) is 19.9 Å². The van der Waals surface area contributed by atoms with E-state index < -0.39 is 12.3 Å². The first-order valence-electron chi connectivity index (χ1n) is 7.81. The third-order valence-electron chi connectivity index (χ3n) is 3.73. The van der Waals surface area contributed by atoms with Crippen molar-refractivity contribution >= 4 is 11.6 Å². The molecule has 0 saturated carbocycles. The number of hydrogen-bond acceptors (Lipinski definition) is 2. The number of aromatic nitrogens is 2. The summed E-state index contributed by atoms with van der Waals surface area (Å²) < 4.78 is 26.9. The number of aryl methyl sites for hydroxylation is 1. The highest BCUT2D eigenvalue weighted by atomic mass is 19.3. The Morgan fingerprint density at radius 3 is 2.36 bits per heavy atom. The van der Waals surface area contributed by atoms with E-state index in [1.807, 2.05) is 42.5 Å². The third-order valence-corrected chi connectivity index (χ3v) is 3.73. The molecule has 4 nitrogen and oxygen atoms in total. The van der Waals surface area contributed by atoms with E-state index in [0.29, 0.717) is 11.4 Å². The van der Waals surface area contributed by atoms with Crippen LogP contribution < -0.4 is 5.32 Å². The minimum absolute atomic E-state index is 0.256. The van der Waals surface area contributed by atoms with Gasteiger partial charge in [-0.2, -0.15) is 5.10 Å². The Morgan fingerprint density at radius 2 is 1.72 bits per heavy atom. The van der Waals surface area contributed by atoms with Crippen LogP contribution in [0.4, 0.5) is 14.5 Å². The van der Waals surface area contributed by atoms with Crippen LogP contribution in [0, 0.1) is 6.92 Å². The first-order chi connectivity index (χ1) is 12.0. The number of carbonyl (C=O) groups excluding carboxylic acids is 1. The summed E-state index contributed by atoms with van der Waals surface area (Å²) in [6, 6.07) is 18.5. The van der Waals surface area contributed by atoms with E-state index in [-0.39, 0.29) is 12.2 Å². The SMILES string of the molecule is Cc1cc(C(F)F)n(CC(=O)Nc2ccc(-c3ccccc3)cc2)n1. The smallest absolute Gasteiger partial charge is 0.280 e. The van der Waals surface area contributed by atoms with Crippen molar-refractivity contribution in [3.8, 4) is 11.1 Å². The van der Waals surface area contributed by atoms with Gasteiger partial charge in [-0.3, -0.25) is 9.48 Å². The number of rotatable bonds is 5. The van der Waals surface area contributed by atoms with Gasteiger partial charge in [-0.05, 0) is 36.2 Å². The molecule has 0 radical (unpaired) electrons. The molecule has 3 aromatic rings. The van der Waals surface area contributed by atoms with Gasteiger partial charge < -0.3 is 5.32 Å². The number of nitrogens with one attached hydrogen (secondary N) is 1. The van der Waals surface area contributed by atoms with Crippen LogP contribution in [0.3, 0.4) is 0 Å². The van der Waals surface area contributed by atoms with E-state index in [1.54, 1.807) is 19.1 Å². The summed E-state index contributed by atoms with van der Waals surface area (Å²) in [6.45, 7) is 1.36. The minimum atomic E-state index is -2.67. The molecule has 128 valence electrons. The predicted octanol–water partition coefficient (Wildman–Crippen LogP) is 4.43. The van der Waals surface area contributed by atoms with Crippen molar-refractivity contribution < 1.29 is 13.6 Å². The fourth-order valence-corrected chi connectivity index (χ4v) is 2.58. The second kappa shape index (κ2) is 7.25. The van der Waals surface area contributed by atoms with E-state index >= 15 is 0 Å². The summed E-state index contributed by atoms with van der Waals surface area (Å²) in [5.74, 6) is -0.405. The average molecular weight is 341 g/mol. The Morgan fingerprint density at radius 1 is 1.08 bits per heavy atom. The standard InChI is InChI=1S/C19H17F2N3O/c1-13-11-17(19(20)21)24(23-13)12-18(25)22-16-9-7-15(8-10-16)14-5-3-2-4-6-14/h2-11,19H,12H2,1H3,(H,22,25). The van der Waals surface area contributed by atoms with Crippen LogP contribution in [0.5, 0.6) is 0 Å². The summed E-state index contributed by atoms with van der Waals surface area (Å²) in [4.78, 5) is 12.1. The predicted molar refractivity (Wildman–Crippen MR) is 92.4 cm³/mol. The van der Waals surface area contributed by atoms with Gasteiger partial charge in [0.1, 0.15) is 12.2 Å². The molecule has 0 atom stereocenters. The number of amides is 1. The van der Waals surface area contributed by atoms with Crippen LogP contribution in [0.25, 0.3) is 11.1 Å². The lowest BCUT2D eigenvalue weighted by atomic mass is 10.1. The number of hydrogen-bond donors (Lipinski definition) is 1. The monoisotopic (exact) mass is 341 g/mol. The highest BCUT2D eigenvalue weighted by molar-refractivity contribution is 5.90. The number of halogens is 2. The molecule has 1 aromatic heterocycles. The summed E-state index contributed by atoms with van der Waals surface area (Å²) in [6.07, 6.45) is -2.67. The molecule has 1 heterocycles. The topological polar surface area (TPSA) is 46.9 Å². The van der Waals surface area contributed by atoms with Crippen molar-refractivity contribution in [2.75, 3.05) is 5.32 Å². The van der Waals surface area contributed by atoms with E-state index in [9.17, 15) is 13.6 Å². The van der Waals surface area contributed by atoms with E-state index in [2.05, 4.69) is 10.4 Å². The Kier molecular flexibility index (Phi) is 4.88. The number of nitrogens with zero attached hydrogens (tertiary/aromatic N) is 2. The zero-order chi connectivity index (χ0) is 17.8. The van der Waals surface area contributed by atoms with Crippen LogP contribution in [0.15, 0.2) is 60.7 Å². The lowest BCUT2D eigenvalue weighted by Crippen LogP contribution is -2.21. The highest BCUT2D eigenvalue weighted by Gasteiger charge is 2.17. The number of alkyl halides is 2. The summed E-state index contributed by atoms with van der Waals surface area (Å²) >= 11 is 0. The molecule has 1 N–H and O–H groups in total. The molecule has 0 unspecified atom stereocenters. The maximum absolute atomic E-state index is 12.9. The molecular formula is C19H17F2N3O. The van der Waals surface area contributed by atoms with Crippen molar-refractivity contribution in [3.05, 3.63) is 72.1 Å². The first kappa shape index (κ1) is 16.8. The molecule has 0 fully saturated rings. The third kappa shape index (κ3) is 4.09. The van der Waals surface area contributed by atoms with Gasteiger partial charge in [0.2, 0.25) is 5.91 Å². The summed E-state index contributed by atoms with van der Waals surface area (Å²) in [5.41, 5.74) is 2.91. The maximum atomic E-state index is 12.9. The van der Waals surface area contributed by atoms with Gasteiger partial charge in [0.25, 0.3) is 6.43 Å². The van der Waals surface area contributed by atoms with Crippen LogP contribution >= 0.6 is 0 Å². The van der Waals surface area contributed by atoms with Gasteiger partial charge in [0.15, 0.2) is 0 Å². The molecule has 25 heavy (non-hydrogen) atoms. The Labute approximate surface area is 144 Å². The van der Waals surface area contributed by atoms with Gasteiger partial charge in [-0.25, -0.2) is 8.78 Å². The fraction of sp³-hybridized carbons (Fsp3) is 0.158. The minimum Gasteiger partial charge on any atom is -0.324 e. The van der Waals surface area contributed by atoms with Crippen molar-refractivity contribution in [1.82, 2.24) is 9.78 Å². The molecule has 3 rings (SSSR count). The van der Waals surface area contributed by atoms with Gasteiger partial charge in [-0.15, -0.1) is 0 Å². The Bertz CT molecular complexity index is 858.